The first kappa shape index (κ1) is 89.1. The number of rotatable bonds is 72. The molecule has 0 fully saturated rings. The zero-order valence-electron chi connectivity index (χ0n) is 59.0. The van der Waals surface area contributed by atoms with Crippen molar-refractivity contribution in [2.75, 3.05) is 39.6 Å². The molecule has 0 spiro atoms. The van der Waals surface area contributed by atoms with Crippen molar-refractivity contribution in [3.63, 3.8) is 0 Å². The molecule has 0 saturated carbocycles. The summed E-state index contributed by atoms with van der Waals surface area (Å²) >= 11 is 0. The Labute approximate surface area is 556 Å². The third kappa shape index (κ3) is 65.1. The van der Waals surface area contributed by atoms with Crippen molar-refractivity contribution in [1.29, 1.82) is 0 Å². The summed E-state index contributed by atoms with van der Waals surface area (Å²) < 4.78 is 68.2. The van der Waals surface area contributed by atoms with Crippen LogP contribution in [-0.4, -0.2) is 96.7 Å². The number of phosphoric ester groups is 2. The molecule has 6 atom stereocenters. The Hall–Kier alpha value is -1.94. The molecule has 17 nitrogen and oxygen atoms in total. The van der Waals surface area contributed by atoms with Crippen LogP contribution in [0.1, 0.15) is 375 Å². The third-order valence-electron chi connectivity index (χ3n) is 17.1. The van der Waals surface area contributed by atoms with Gasteiger partial charge in [-0.3, -0.25) is 37.3 Å². The monoisotopic (exact) mass is 1340 g/mol. The number of aliphatic hydroxyl groups is 1. The number of aliphatic hydroxyl groups excluding tert-OH is 1. The summed E-state index contributed by atoms with van der Waals surface area (Å²) in [5, 5.41) is 10.6. The van der Waals surface area contributed by atoms with E-state index in [1.54, 1.807) is 0 Å². The van der Waals surface area contributed by atoms with Crippen molar-refractivity contribution in [2.24, 2.45) is 5.92 Å². The summed E-state index contributed by atoms with van der Waals surface area (Å²) in [7, 11) is -9.89. The maximum atomic E-state index is 13.0. The maximum Gasteiger partial charge on any atom is 0.472 e. The first-order valence-corrected chi connectivity index (χ1v) is 40.7. The number of carbonyl (C=O) groups is 4. The Kier molecular flexibility index (Phi) is 64.0. The van der Waals surface area contributed by atoms with Crippen molar-refractivity contribution in [1.82, 2.24) is 0 Å². The highest BCUT2D eigenvalue weighted by Gasteiger charge is 2.30. The summed E-state index contributed by atoms with van der Waals surface area (Å²) in [6.07, 6.45) is 53.1. The minimum Gasteiger partial charge on any atom is -0.462 e. The van der Waals surface area contributed by atoms with Crippen LogP contribution in [0.25, 0.3) is 0 Å². The first-order valence-electron chi connectivity index (χ1n) is 37.7. The van der Waals surface area contributed by atoms with E-state index in [1.807, 2.05) is 0 Å². The van der Waals surface area contributed by atoms with Gasteiger partial charge in [0.25, 0.3) is 0 Å². The summed E-state index contributed by atoms with van der Waals surface area (Å²) in [6, 6.07) is 0. The molecule has 0 saturated heterocycles. The molecule has 0 aromatic heterocycles. The maximum absolute atomic E-state index is 13.0. The van der Waals surface area contributed by atoms with Gasteiger partial charge in [-0.05, 0) is 31.6 Å². The molecule has 0 aliphatic rings. The number of carbonyl (C=O) groups excluding carboxylic acids is 4. The standard InChI is InChI=1S/C72H140O17P2/c1-6-10-13-16-18-20-22-24-26-28-30-32-34-36-41-46-51-56-70(75)83-62-68(89-71(76)57-52-47-42-37-35-33-31-29-27-25-23-21-19-17-14-11-7-2)64-87-91(80,81)85-60-66(73)59-84-90(78,79)86-63-67(61-82-69(74)55-50-44-15-12-8-3)88-72(77)58-53-48-43-39-38-40-45-49-54-65(5)9-4/h65-68,73H,6-64H2,1-5H3,(H,78,79)(H,80,81)/t65?,66-,67+,68+/m0/s1. The van der Waals surface area contributed by atoms with Crippen LogP contribution in [0.2, 0.25) is 0 Å². The molecular formula is C72H140O17P2. The van der Waals surface area contributed by atoms with Crippen LogP contribution in [0.15, 0.2) is 0 Å². The molecule has 91 heavy (non-hydrogen) atoms. The van der Waals surface area contributed by atoms with Crippen LogP contribution >= 0.6 is 15.6 Å². The minimum absolute atomic E-state index is 0.104. The molecule has 0 bridgehead atoms. The fourth-order valence-electron chi connectivity index (χ4n) is 11.0. The molecule has 0 aromatic rings. The Morgan fingerprint density at radius 1 is 0.308 bits per heavy atom. The lowest BCUT2D eigenvalue weighted by Gasteiger charge is -2.21. The summed E-state index contributed by atoms with van der Waals surface area (Å²) in [6.45, 7) is 7.17. The summed E-state index contributed by atoms with van der Waals surface area (Å²) in [5.74, 6) is -1.36. The first-order chi connectivity index (χ1) is 44.1. The average molecular weight is 1340 g/mol. The topological polar surface area (TPSA) is 237 Å². The van der Waals surface area contributed by atoms with Crippen molar-refractivity contribution in [3.05, 3.63) is 0 Å². The number of hydrogen-bond acceptors (Lipinski definition) is 15. The molecule has 0 radical (unpaired) electrons. The molecule has 3 unspecified atom stereocenters. The molecule has 540 valence electrons. The predicted molar refractivity (Wildman–Crippen MR) is 368 cm³/mol. The number of unbranched alkanes of at least 4 members (excludes halogenated alkanes) is 43. The molecule has 0 aliphatic carbocycles. The second-order valence-corrected chi connectivity index (χ2v) is 29.1. The lowest BCUT2D eigenvalue weighted by molar-refractivity contribution is -0.161. The van der Waals surface area contributed by atoms with E-state index in [1.165, 1.54) is 193 Å². The quantitative estimate of drug-likeness (QED) is 0.0222. The van der Waals surface area contributed by atoms with Crippen LogP contribution in [-0.2, 0) is 65.4 Å². The molecule has 3 N–H and O–H groups in total. The zero-order valence-corrected chi connectivity index (χ0v) is 60.8. The van der Waals surface area contributed by atoms with E-state index in [9.17, 15) is 43.2 Å². The van der Waals surface area contributed by atoms with Gasteiger partial charge in [-0.15, -0.1) is 0 Å². The van der Waals surface area contributed by atoms with Crippen LogP contribution in [0.5, 0.6) is 0 Å². The van der Waals surface area contributed by atoms with Crippen molar-refractivity contribution < 1.29 is 80.2 Å². The van der Waals surface area contributed by atoms with Crippen LogP contribution < -0.4 is 0 Å². The Morgan fingerprint density at radius 3 is 0.780 bits per heavy atom. The minimum atomic E-state index is -4.95. The smallest absolute Gasteiger partial charge is 0.462 e. The van der Waals surface area contributed by atoms with Crippen molar-refractivity contribution in [3.8, 4) is 0 Å². The van der Waals surface area contributed by atoms with Gasteiger partial charge in [0.05, 0.1) is 26.4 Å². The molecule has 0 aromatic carbocycles. The highest BCUT2D eigenvalue weighted by Crippen LogP contribution is 2.45. The lowest BCUT2D eigenvalue weighted by atomic mass is 9.99. The lowest BCUT2D eigenvalue weighted by Crippen LogP contribution is -2.30. The Bertz CT molecular complexity index is 1760. The molecular weight excluding hydrogens is 1200 g/mol. The van der Waals surface area contributed by atoms with Gasteiger partial charge < -0.3 is 33.8 Å². The largest absolute Gasteiger partial charge is 0.472 e. The summed E-state index contributed by atoms with van der Waals surface area (Å²) in [5.41, 5.74) is 0. The predicted octanol–water partition coefficient (Wildman–Crippen LogP) is 20.9. The number of phosphoric acid groups is 2. The van der Waals surface area contributed by atoms with Gasteiger partial charge in [0.15, 0.2) is 12.2 Å². The van der Waals surface area contributed by atoms with E-state index in [2.05, 4.69) is 34.6 Å². The average Bonchev–Trinajstić information content (AvgIpc) is 2.29. The second-order valence-electron chi connectivity index (χ2n) is 26.2. The van der Waals surface area contributed by atoms with E-state index < -0.39 is 97.5 Å². The molecule has 0 heterocycles. The zero-order chi connectivity index (χ0) is 67.0. The van der Waals surface area contributed by atoms with E-state index >= 15 is 0 Å². The van der Waals surface area contributed by atoms with Gasteiger partial charge in [0.2, 0.25) is 0 Å². The van der Waals surface area contributed by atoms with E-state index in [4.69, 9.17) is 37.0 Å². The van der Waals surface area contributed by atoms with Gasteiger partial charge >= 0.3 is 39.5 Å². The summed E-state index contributed by atoms with van der Waals surface area (Å²) in [4.78, 5) is 72.4. The molecule has 19 heteroatoms. The molecule has 0 rings (SSSR count). The molecule has 0 amide bonds. The van der Waals surface area contributed by atoms with Gasteiger partial charge in [-0.2, -0.15) is 0 Å². The fourth-order valence-corrected chi connectivity index (χ4v) is 12.5. The van der Waals surface area contributed by atoms with Gasteiger partial charge in [-0.1, -0.05) is 324 Å². The van der Waals surface area contributed by atoms with Crippen LogP contribution in [0.3, 0.4) is 0 Å². The second kappa shape index (κ2) is 65.4. The van der Waals surface area contributed by atoms with Crippen molar-refractivity contribution in [2.45, 2.75) is 393 Å². The highest BCUT2D eigenvalue weighted by atomic mass is 31.2. The van der Waals surface area contributed by atoms with Gasteiger partial charge in [0.1, 0.15) is 19.3 Å². The normalized spacial score (nSPS) is 14.3. The van der Waals surface area contributed by atoms with Gasteiger partial charge in [0, 0.05) is 25.7 Å². The van der Waals surface area contributed by atoms with E-state index in [-0.39, 0.29) is 25.7 Å². The van der Waals surface area contributed by atoms with E-state index in [0.717, 1.165) is 102 Å². The SMILES string of the molecule is CCCCCCCCCCCCCCCCCCCC(=O)OC[C@H](COP(=O)(O)OC[C@@H](O)COP(=O)(O)OC[C@@H](COC(=O)CCCCCCC)OC(=O)CCCCCCCCCCC(C)CC)OC(=O)CCCCCCCCCCCCCCCCCCC. The molecule has 0 aliphatic heterocycles. The van der Waals surface area contributed by atoms with Crippen LogP contribution in [0.4, 0.5) is 0 Å². The van der Waals surface area contributed by atoms with Crippen LogP contribution in [0, 0.1) is 5.92 Å². The fraction of sp³-hybridized carbons (Fsp3) is 0.944. The van der Waals surface area contributed by atoms with Crippen molar-refractivity contribution >= 4 is 39.5 Å². The third-order valence-corrected chi connectivity index (χ3v) is 19.0. The Balaban J connectivity index is 5.15. The number of ether oxygens (including phenoxy) is 4. The number of hydrogen-bond donors (Lipinski definition) is 3. The Morgan fingerprint density at radius 2 is 0.527 bits per heavy atom. The van der Waals surface area contributed by atoms with Gasteiger partial charge in [-0.25, -0.2) is 9.13 Å². The number of esters is 4. The van der Waals surface area contributed by atoms with E-state index in [0.29, 0.717) is 25.7 Å². The highest BCUT2D eigenvalue weighted by molar-refractivity contribution is 7.47.